The van der Waals surface area contributed by atoms with Gasteiger partial charge in [-0.3, -0.25) is 0 Å². The van der Waals surface area contributed by atoms with E-state index in [9.17, 15) is 4.79 Å². The predicted molar refractivity (Wildman–Crippen MR) is 80.3 cm³/mol. The van der Waals surface area contributed by atoms with Crippen molar-refractivity contribution in [3.8, 4) is 11.5 Å². The van der Waals surface area contributed by atoms with Crippen molar-refractivity contribution in [3.63, 3.8) is 0 Å². The van der Waals surface area contributed by atoms with Crippen molar-refractivity contribution in [1.29, 1.82) is 0 Å². The molecule has 0 spiro atoms. The summed E-state index contributed by atoms with van der Waals surface area (Å²) in [5.74, 6) is 0.583. The Morgan fingerprint density at radius 3 is 2.14 bits per heavy atom. The summed E-state index contributed by atoms with van der Waals surface area (Å²) < 4.78 is 11.3. The van der Waals surface area contributed by atoms with Crippen LogP contribution >= 0.6 is 0 Å². The zero-order chi connectivity index (χ0) is 15.2. The van der Waals surface area contributed by atoms with Gasteiger partial charge in [-0.2, -0.15) is 0 Å². The molecule has 1 N–H and O–H groups in total. The molecule has 2 rings (SSSR count). The summed E-state index contributed by atoms with van der Waals surface area (Å²) in [6, 6.07) is 12.6. The number of carboxylic acids is 1. The number of aromatic carboxylic acids is 1. The van der Waals surface area contributed by atoms with Gasteiger partial charge in [0.2, 0.25) is 0 Å². The minimum absolute atomic E-state index is 0.260. The van der Waals surface area contributed by atoms with Crippen LogP contribution in [0.1, 0.15) is 21.5 Å². The van der Waals surface area contributed by atoms with E-state index in [1.54, 1.807) is 12.1 Å². The van der Waals surface area contributed by atoms with Gasteiger partial charge in [0.1, 0.15) is 24.7 Å². The van der Waals surface area contributed by atoms with Gasteiger partial charge in [-0.05, 0) is 49.2 Å². The molecule has 0 bridgehead atoms. The average molecular weight is 286 g/mol. The van der Waals surface area contributed by atoms with Crippen molar-refractivity contribution in [2.24, 2.45) is 0 Å². The fourth-order valence-corrected chi connectivity index (χ4v) is 1.97. The zero-order valence-corrected chi connectivity index (χ0v) is 12.1. The first-order valence-electron chi connectivity index (χ1n) is 6.73. The SMILES string of the molecule is Cc1ccccc1OCCOc1ccc(C(=O)O)cc1C. The molecule has 4 nitrogen and oxygen atoms in total. The number of ether oxygens (including phenoxy) is 2. The molecule has 21 heavy (non-hydrogen) atoms. The number of rotatable bonds is 6. The number of carboxylic acid groups (broad SMARTS) is 1. The van der Waals surface area contributed by atoms with Crippen LogP contribution in [0.2, 0.25) is 0 Å². The maximum atomic E-state index is 10.9. The summed E-state index contributed by atoms with van der Waals surface area (Å²) >= 11 is 0. The van der Waals surface area contributed by atoms with Crippen LogP contribution in [0.15, 0.2) is 42.5 Å². The maximum absolute atomic E-state index is 10.9. The Hall–Kier alpha value is -2.49. The molecule has 0 aliphatic heterocycles. The third-order valence-electron chi connectivity index (χ3n) is 3.11. The van der Waals surface area contributed by atoms with Crippen LogP contribution in [-0.4, -0.2) is 24.3 Å². The van der Waals surface area contributed by atoms with E-state index in [2.05, 4.69) is 0 Å². The fourth-order valence-electron chi connectivity index (χ4n) is 1.97. The molecule has 0 aromatic heterocycles. The van der Waals surface area contributed by atoms with Gasteiger partial charge in [-0.1, -0.05) is 18.2 Å². The first-order valence-corrected chi connectivity index (χ1v) is 6.73. The largest absolute Gasteiger partial charge is 0.490 e. The molecule has 2 aromatic carbocycles. The Morgan fingerprint density at radius 2 is 1.57 bits per heavy atom. The molecular weight excluding hydrogens is 268 g/mol. The van der Waals surface area contributed by atoms with Crippen LogP contribution < -0.4 is 9.47 Å². The van der Waals surface area contributed by atoms with Crippen molar-refractivity contribution in [1.82, 2.24) is 0 Å². The number of carbonyl (C=O) groups is 1. The number of hydrogen-bond donors (Lipinski definition) is 1. The topological polar surface area (TPSA) is 55.8 Å². The van der Waals surface area contributed by atoms with Gasteiger partial charge in [-0.15, -0.1) is 0 Å². The van der Waals surface area contributed by atoms with E-state index in [1.807, 2.05) is 38.1 Å². The smallest absolute Gasteiger partial charge is 0.335 e. The highest BCUT2D eigenvalue weighted by atomic mass is 16.5. The summed E-state index contributed by atoms with van der Waals surface area (Å²) in [6.45, 7) is 4.65. The number of aryl methyl sites for hydroxylation is 2. The first-order chi connectivity index (χ1) is 10.1. The molecule has 0 unspecified atom stereocenters. The van der Waals surface area contributed by atoms with Gasteiger partial charge in [-0.25, -0.2) is 4.79 Å². The van der Waals surface area contributed by atoms with E-state index in [0.717, 1.165) is 16.9 Å². The number of benzene rings is 2. The summed E-state index contributed by atoms with van der Waals surface area (Å²) in [5.41, 5.74) is 2.14. The van der Waals surface area contributed by atoms with Crippen LogP contribution in [0.3, 0.4) is 0 Å². The second-order valence-corrected chi connectivity index (χ2v) is 4.75. The lowest BCUT2D eigenvalue weighted by atomic mass is 10.1. The lowest BCUT2D eigenvalue weighted by Gasteiger charge is -2.12. The standard InChI is InChI=1S/C17H18O4/c1-12-5-3-4-6-15(12)20-9-10-21-16-8-7-14(17(18)19)11-13(16)2/h3-8,11H,9-10H2,1-2H3,(H,18,19). The third-order valence-corrected chi connectivity index (χ3v) is 3.11. The molecule has 0 amide bonds. The lowest BCUT2D eigenvalue weighted by molar-refractivity contribution is 0.0696. The predicted octanol–water partition coefficient (Wildman–Crippen LogP) is 3.46. The molecule has 0 radical (unpaired) electrons. The fraction of sp³-hybridized carbons (Fsp3) is 0.235. The molecule has 0 saturated carbocycles. The molecule has 0 atom stereocenters. The minimum Gasteiger partial charge on any atom is -0.490 e. The lowest BCUT2D eigenvalue weighted by Crippen LogP contribution is -2.10. The maximum Gasteiger partial charge on any atom is 0.335 e. The Morgan fingerprint density at radius 1 is 0.952 bits per heavy atom. The van der Waals surface area contributed by atoms with E-state index >= 15 is 0 Å². The summed E-state index contributed by atoms with van der Waals surface area (Å²) in [4.78, 5) is 10.9. The Kier molecular flexibility index (Phi) is 4.82. The Labute approximate surface area is 123 Å². The van der Waals surface area contributed by atoms with Crippen LogP contribution in [0.5, 0.6) is 11.5 Å². The van der Waals surface area contributed by atoms with Gasteiger partial charge in [0.25, 0.3) is 0 Å². The first kappa shape index (κ1) is 14.9. The zero-order valence-electron chi connectivity index (χ0n) is 12.1. The summed E-state index contributed by atoms with van der Waals surface area (Å²) in [6.07, 6.45) is 0. The minimum atomic E-state index is -0.937. The third kappa shape index (κ3) is 3.99. The van der Waals surface area contributed by atoms with Gasteiger partial charge < -0.3 is 14.6 Å². The molecule has 110 valence electrons. The monoisotopic (exact) mass is 286 g/mol. The van der Waals surface area contributed by atoms with Gasteiger partial charge >= 0.3 is 5.97 Å². The molecule has 4 heteroatoms. The second-order valence-electron chi connectivity index (χ2n) is 4.75. The van der Waals surface area contributed by atoms with Crippen LogP contribution in [0.25, 0.3) is 0 Å². The Balaban J connectivity index is 1.87. The molecule has 0 aliphatic carbocycles. The van der Waals surface area contributed by atoms with Gasteiger partial charge in [0.15, 0.2) is 0 Å². The highest BCUT2D eigenvalue weighted by molar-refractivity contribution is 5.88. The van der Waals surface area contributed by atoms with Crippen molar-refractivity contribution in [2.45, 2.75) is 13.8 Å². The van der Waals surface area contributed by atoms with Crippen LogP contribution in [-0.2, 0) is 0 Å². The van der Waals surface area contributed by atoms with Crippen LogP contribution in [0, 0.1) is 13.8 Å². The van der Waals surface area contributed by atoms with Crippen molar-refractivity contribution in [2.75, 3.05) is 13.2 Å². The second kappa shape index (κ2) is 6.79. The highest BCUT2D eigenvalue weighted by Crippen LogP contribution is 2.20. The molecule has 0 aliphatic rings. The number of para-hydroxylation sites is 1. The van der Waals surface area contributed by atoms with Crippen LogP contribution in [0.4, 0.5) is 0 Å². The molecule has 0 fully saturated rings. The Bertz CT molecular complexity index is 634. The molecule has 0 heterocycles. The highest BCUT2D eigenvalue weighted by Gasteiger charge is 2.06. The van der Waals surface area contributed by atoms with E-state index in [-0.39, 0.29) is 5.56 Å². The van der Waals surface area contributed by atoms with Crippen molar-refractivity contribution in [3.05, 3.63) is 59.2 Å². The average Bonchev–Trinajstić information content (AvgIpc) is 2.46. The van der Waals surface area contributed by atoms with Crippen molar-refractivity contribution >= 4 is 5.97 Å². The van der Waals surface area contributed by atoms with Gasteiger partial charge in [0.05, 0.1) is 5.56 Å². The van der Waals surface area contributed by atoms with E-state index < -0.39 is 5.97 Å². The molecular formula is C17H18O4. The van der Waals surface area contributed by atoms with E-state index in [4.69, 9.17) is 14.6 Å². The van der Waals surface area contributed by atoms with Crippen molar-refractivity contribution < 1.29 is 19.4 Å². The molecule has 2 aromatic rings. The molecule has 0 saturated heterocycles. The van der Waals surface area contributed by atoms with E-state index in [0.29, 0.717) is 19.0 Å². The summed E-state index contributed by atoms with van der Waals surface area (Å²) in [7, 11) is 0. The van der Waals surface area contributed by atoms with Gasteiger partial charge in [0, 0.05) is 0 Å². The normalized spacial score (nSPS) is 10.2. The quantitative estimate of drug-likeness (QED) is 0.826. The summed E-state index contributed by atoms with van der Waals surface area (Å²) in [5, 5.41) is 8.91. The van der Waals surface area contributed by atoms with E-state index in [1.165, 1.54) is 6.07 Å². The number of hydrogen-bond acceptors (Lipinski definition) is 3.